The Kier molecular flexibility index (Phi) is 3.46. The average Bonchev–Trinajstić information content (AvgIpc) is 2.50. The molecule has 0 aromatic rings. The molecule has 0 amide bonds. The van der Waals surface area contributed by atoms with Gasteiger partial charge in [0.25, 0.3) is 0 Å². The van der Waals surface area contributed by atoms with Gasteiger partial charge in [0, 0.05) is 12.0 Å². The molecule has 1 fully saturated rings. The molecule has 0 bridgehead atoms. The van der Waals surface area contributed by atoms with Crippen LogP contribution in [-0.2, 0) is 4.18 Å². The van der Waals surface area contributed by atoms with E-state index >= 15 is 0 Å². The van der Waals surface area contributed by atoms with Crippen LogP contribution in [0.1, 0.15) is 39.0 Å². The SMILES string of the molecule is C=CSOC1(CC)CCCC1. The van der Waals surface area contributed by atoms with Gasteiger partial charge in [0.1, 0.15) is 0 Å². The molecule has 0 radical (unpaired) electrons. The van der Waals surface area contributed by atoms with Gasteiger partial charge >= 0.3 is 0 Å². The van der Waals surface area contributed by atoms with Gasteiger partial charge in [-0.2, -0.15) is 0 Å². The summed E-state index contributed by atoms with van der Waals surface area (Å²) < 4.78 is 5.69. The van der Waals surface area contributed by atoms with E-state index in [1.54, 1.807) is 5.41 Å². The summed E-state index contributed by atoms with van der Waals surface area (Å²) in [4.78, 5) is 0. The van der Waals surface area contributed by atoms with E-state index in [1.165, 1.54) is 37.7 Å². The lowest BCUT2D eigenvalue weighted by Crippen LogP contribution is -2.24. The zero-order valence-corrected chi connectivity index (χ0v) is 7.95. The Hall–Kier alpha value is 0.0500. The molecule has 64 valence electrons. The molecule has 1 aliphatic rings. The van der Waals surface area contributed by atoms with E-state index in [1.807, 2.05) is 0 Å². The second kappa shape index (κ2) is 4.17. The second-order valence-corrected chi connectivity index (χ2v) is 3.78. The first kappa shape index (κ1) is 9.14. The number of hydrogen-bond acceptors (Lipinski definition) is 2. The molecule has 0 unspecified atom stereocenters. The molecule has 0 saturated heterocycles. The highest BCUT2D eigenvalue weighted by Gasteiger charge is 2.33. The first-order chi connectivity index (χ1) is 5.33. The monoisotopic (exact) mass is 172 g/mol. The van der Waals surface area contributed by atoms with Crippen molar-refractivity contribution >= 4 is 12.0 Å². The Balaban J connectivity index is 2.38. The van der Waals surface area contributed by atoms with Gasteiger partial charge in [-0.05, 0) is 24.7 Å². The summed E-state index contributed by atoms with van der Waals surface area (Å²) in [6.07, 6.45) is 6.24. The maximum atomic E-state index is 5.69. The summed E-state index contributed by atoms with van der Waals surface area (Å²) in [5, 5.41) is 1.76. The largest absolute Gasteiger partial charge is 0.304 e. The van der Waals surface area contributed by atoms with Gasteiger partial charge in [-0.3, -0.25) is 0 Å². The molecule has 1 aliphatic carbocycles. The predicted octanol–water partition coefficient (Wildman–Crippen LogP) is 3.52. The van der Waals surface area contributed by atoms with Crippen LogP contribution in [0.2, 0.25) is 0 Å². The Morgan fingerprint density at radius 3 is 2.64 bits per heavy atom. The molecule has 0 N–H and O–H groups in total. The smallest absolute Gasteiger partial charge is 0.0831 e. The van der Waals surface area contributed by atoms with Crippen molar-refractivity contribution in [3.8, 4) is 0 Å². The van der Waals surface area contributed by atoms with Crippen LogP contribution in [0, 0.1) is 0 Å². The van der Waals surface area contributed by atoms with Gasteiger partial charge in [0.2, 0.25) is 0 Å². The molecule has 0 aliphatic heterocycles. The van der Waals surface area contributed by atoms with Gasteiger partial charge in [0.05, 0.1) is 5.60 Å². The molecule has 0 aromatic heterocycles. The Morgan fingerprint density at radius 2 is 2.18 bits per heavy atom. The van der Waals surface area contributed by atoms with E-state index in [2.05, 4.69) is 13.5 Å². The molecule has 1 rings (SSSR count). The summed E-state index contributed by atoms with van der Waals surface area (Å²) in [5.74, 6) is 0. The molecule has 0 heterocycles. The molecule has 0 atom stereocenters. The minimum Gasteiger partial charge on any atom is -0.304 e. The van der Waals surface area contributed by atoms with Crippen LogP contribution in [0.4, 0.5) is 0 Å². The third-order valence-electron chi connectivity index (χ3n) is 2.45. The zero-order chi connectivity index (χ0) is 8.16. The molecule has 0 spiro atoms. The molecule has 11 heavy (non-hydrogen) atoms. The summed E-state index contributed by atoms with van der Waals surface area (Å²) in [7, 11) is 0. The second-order valence-electron chi connectivity index (χ2n) is 3.09. The van der Waals surface area contributed by atoms with E-state index in [-0.39, 0.29) is 5.60 Å². The highest BCUT2D eigenvalue weighted by Crippen LogP contribution is 2.38. The van der Waals surface area contributed by atoms with Gasteiger partial charge in [-0.1, -0.05) is 26.3 Å². The van der Waals surface area contributed by atoms with Crippen LogP contribution < -0.4 is 0 Å². The molecular formula is C9H16OS. The standard InChI is InChI=1S/C9H16OS/c1-3-9(10-11-4-2)7-5-6-8-9/h4H,2-3,5-8H2,1H3. The van der Waals surface area contributed by atoms with Gasteiger partial charge in [0.15, 0.2) is 0 Å². The summed E-state index contributed by atoms with van der Waals surface area (Å²) in [6.45, 7) is 5.83. The van der Waals surface area contributed by atoms with E-state index in [9.17, 15) is 0 Å². The van der Waals surface area contributed by atoms with E-state index in [0.717, 1.165) is 6.42 Å². The van der Waals surface area contributed by atoms with Crippen LogP contribution in [0.25, 0.3) is 0 Å². The van der Waals surface area contributed by atoms with E-state index < -0.39 is 0 Å². The summed E-state index contributed by atoms with van der Waals surface area (Å²) >= 11 is 1.39. The fourth-order valence-corrected chi connectivity index (χ4v) is 2.21. The van der Waals surface area contributed by atoms with Gasteiger partial charge in [-0.25, -0.2) is 0 Å². The average molecular weight is 172 g/mol. The lowest BCUT2D eigenvalue weighted by Gasteiger charge is -2.25. The lowest BCUT2D eigenvalue weighted by molar-refractivity contribution is 0.100. The van der Waals surface area contributed by atoms with Crippen molar-refractivity contribution in [1.82, 2.24) is 0 Å². The Labute approximate surface area is 73.4 Å². The normalized spacial score (nSPS) is 21.9. The van der Waals surface area contributed by atoms with E-state index in [4.69, 9.17) is 4.18 Å². The molecule has 1 nitrogen and oxygen atoms in total. The number of rotatable bonds is 4. The van der Waals surface area contributed by atoms with Gasteiger partial charge in [-0.15, -0.1) is 0 Å². The van der Waals surface area contributed by atoms with Crippen molar-refractivity contribution in [3.63, 3.8) is 0 Å². The van der Waals surface area contributed by atoms with Crippen molar-refractivity contribution in [2.75, 3.05) is 0 Å². The van der Waals surface area contributed by atoms with Crippen LogP contribution in [0.5, 0.6) is 0 Å². The van der Waals surface area contributed by atoms with E-state index in [0.29, 0.717) is 0 Å². The lowest BCUT2D eigenvalue weighted by atomic mass is 10.00. The molecule has 1 saturated carbocycles. The minimum atomic E-state index is 0.179. The summed E-state index contributed by atoms with van der Waals surface area (Å²) in [6, 6.07) is 0. The van der Waals surface area contributed by atoms with Crippen molar-refractivity contribution in [2.24, 2.45) is 0 Å². The van der Waals surface area contributed by atoms with Crippen molar-refractivity contribution in [2.45, 2.75) is 44.6 Å². The van der Waals surface area contributed by atoms with Crippen LogP contribution in [-0.4, -0.2) is 5.60 Å². The maximum absolute atomic E-state index is 5.69. The molecule has 0 aromatic carbocycles. The Bertz CT molecular complexity index is 128. The van der Waals surface area contributed by atoms with Crippen LogP contribution >= 0.6 is 12.0 Å². The first-order valence-corrected chi connectivity index (χ1v) is 5.09. The predicted molar refractivity (Wildman–Crippen MR) is 50.4 cm³/mol. The molecule has 2 heteroatoms. The van der Waals surface area contributed by atoms with Crippen molar-refractivity contribution < 1.29 is 4.18 Å². The van der Waals surface area contributed by atoms with Gasteiger partial charge < -0.3 is 4.18 Å². The zero-order valence-electron chi connectivity index (χ0n) is 7.14. The molecular weight excluding hydrogens is 156 g/mol. The maximum Gasteiger partial charge on any atom is 0.0831 e. The fourth-order valence-electron chi connectivity index (χ4n) is 1.65. The quantitative estimate of drug-likeness (QED) is 0.600. The highest BCUT2D eigenvalue weighted by molar-refractivity contribution is 7.97. The summed E-state index contributed by atoms with van der Waals surface area (Å²) in [5.41, 5.74) is 0.179. The third kappa shape index (κ3) is 2.24. The fraction of sp³-hybridized carbons (Fsp3) is 0.778. The highest BCUT2D eigenvalue weighted by atomic mass is 32.2. The van der Waals surface area contributed by atoms with Crippen molar-refractivity contribution in [1.29, 1.82) is 0 Å². The van der Waals surface area contributed by atoms with Crippen LogP contribution in [0.3, 0.4) is 0 Å². The minimum absolute atomic E-state index is 0.179. The first-order valence-electron chi connectivity index (χ1n) is 4.28. The Morgan fingerprint density at radius 1 is 1.55 bits per heavy atom. The topological polar surface area (TPSA) is 9.23 Å². The number of hydrogen-bond donors (Lipinski definition) is 0. The van der Waals surface area contributed by atoms with Crippen molar-refractivity contribution in [3.05, 3.63) is 12.0 Å². The van der Waals surface area contributed by atoms with Crippen LogP contribution in [0.15, 0.2) is 12.0 Å². The third-order valence-corrected chi connectivity index (χ3v) is 3.04.